The fourth-order valence-corrected chi connectivity index (χ4v) is 2.58. The molecule has 1 aliphatic heterocycles. The molecule has 2 rings (SSSR count). The molecular formula is C17H26FN3O2. The minimum absolute atomic E-state index is 0.121. The van der Waals surface area contributed by atoms with Gasteiger partial charge in [0.1, 0.15) is 0 Å². The largest absolute Gasteiger partial charge is 0.478 e. The van der Waals surface area contributed by atoms with Crippen molar-refractivity contribution in [2.75, 3.05) is 39.3 Å². The summed E-state index contributed by atoms with van der Waals surface area (Å²) in [4.78, 5) is 14.5. The second kappa shape index (κ2) is 9.47. The van der Waals surface area contributed by atoms with Crippen LogP contribution in [0.2, 0.25) is 0 Å². The van der Waals surface area contributed by atoms with Gasteiger partial charge in [0, 0.05) is 32.7 Å². The average Bonchev–Trinajstić information content (AvgIpc) is 2.59. The molecule has 1 heterocycles. The minimum Gasteiger partial charge on any atom is -0.478 e. The van der Waals surface area contributed by atoms with Crippen LogP contribution in [0.15, 0.2) is 24.3 Å². The molecule has 1 aromatic carbocycles. The standard InChI is InChI=1S/C17H26FN3O2/c1-2-15(23-16-7-4-3-6-14(16)18)17(22)20-8-5-11-21-12-9-19-10-13-21/h3-4,6-7,15,19H,2,5,8-13H2,1H3,(H,20,22). The summed E-state index contributed by atoms with van der Waals surface area (Å²) in [5.41, 5.74) is 0. The third kappa shape index (κ3) is 5.80. The topological polar surface area (TPSA) is 53.6 Å². The van der Waals surface area contributed by atoms with Crippen LogP contribution in [0.25, 0.3) is 0 Å². The zero-order chi connectivity index (χ0) is 16.5. The van der Waals surface area contributed by atoms with Gasteiger partial charge in [-0.25, -0.2) is 4.39 Å². The first kappa shape index (κ1) is 17.7. The Labute approximate surface area is 137 Å². The van der Waals surface area contributed by atoms with Gasteiger partial charge in [-0.2, -0.15) is 0 Å². The van der Waals surface area contributed by atoms with E-state index in [4.69, 9.17) is 4.74 Å². The third-order valence-electron chi connectivity index (χ3n) is 3.93. The van der Waals surface area contributed by atoms with Crippen LogP contribution in [0.1, 0.15) is 19.8 Å². The number of rotatable bonds is 8. The molecule has 0 aromatic heterocycles. The normalized spacial score (nSPS) is 16.8. The summed E-state index contributed by atoms with van der Waals surface area (Å²) in [6, 6.07) is 6.15. The van der Waals surface area contributed by atoms with E-state index in [1.807, 2.05) is 6.92 Å². The Bertz CT molecular complexity index is 492. The summed E-state index contributed by atoms with van der Waals surface area (Å²) < 4.78 is 19.1. The molecule has 0 spiro atoms. The highest BCUT2D eigenvalue weighted by Crippen LogP contribution is 2.18. The third-order valence-corrected chi connectivity index (χ3v) is 3.93. The van der Waals surface area contributed by atoms with Gasteiger partial charge >= 0.3 is 0 Å². The van der Waals surface area contributed by atoms with Gasteiger partial charge in [-0.3, -0.25) is 4.79 Å². The fraction of sp³-hybridized carbons (Fsp3) is 0.588. The molecule has 128 valence electrons. The van der Waals surface area contributed by atoms with Gasteiger partial charge in [0.25, 0.3) is 5.91 Å². The summed E-state index contributed by atoms with van der Waals surface area (Å²) in [7, 11) is 0. The molecular weight excluding hydrogens is 297 g/mol. The number of carbonyl (C=O) groups is 1. The van der Waals surface area contributed by atoms with E-state index in [0.29, 0.717) is 13.0 Å². The zero-order valence-electron chi connectivity index (χ0n) is 13.7. The van der Waals surface area contributed by atoms with E-state index in [1.165, 1.54) is 12.1 Å². The van der Waals surface area contributed by atoms with Crippen LogP contribution >= 0.6 is 0 Å². The molecule has 1 aromatic rings. The van der Waals surface area contributed by atoms with Crippen molar-refractivity contribution in [3.8, 4) is 5.75 Å². The lowest BCUT2D eigenvalue weighted by Gasteiger charge is -2.27. The minimum atomic E-state index is -0.661. The molecule has 1 unspecified atom stereocenters. The lowest BCUT2D eigenvalue weighted by molar-refractivity contribution is -0.128. The van der Waals surface area contributed by atoms with Gasteiger partial charge < -0.3 is 20.3 Å². The van der Waals surface area contributed by atoms with Crippen LogP contribution in [-0.2, 0) is 4.79 Å². The van der Waals surface area contributed by atoms with Crippen LogP contribution in [0.3, 0.4) is 0 Å². The van der Waals surface area contributed by atoms with Gasteiger partial charge in [0.2, 0.25) is 0 Å². The smallest absolute Gasteiger partial charge is 0.261 e. The number of amides is 1. The summed E-state index contributed by atoms with van der Waals surface area (Å²) in [5, 5.41) is 6.20. The number of nitrogens with zero attached hydrogens (tertiary/aromatic N) is 1. The molecule has 1 atom stereocenters. The molecule has 0 saturated carbocycles. The van der Waals surface area contributed by atoms with Crippen molar-refractivity contribution in [3.63, 3.8) is 0 Å². The Balaban J connectivity index is 1.71. The second-order valence-electron chi connectivity index (χ2n) is 5.68. The first-order valence-electron chi connectivity index (χ1n) is 8.32. The number of hydrogen-bond donors (Lipinski definition) is 2. The van der Waals surface area contributed by atoms with Crippen LogP contribution in [0.4, 0.5) is 4.39 Å². The molecule has 1 saturated heterocycles. The summed E-state index contributed by atoms with van der Waals surface area (Å²) in [6.07, 6.45) is 0.742. The van der Waals surface area contributed by atoms with Gasteiger partial charge in [-0.1, -0.05) is 19.1 Å². The van der Waals surface area contributed by atoms with Gasteiger partial charge in [-0.05, 0) is 31.5 Å². The highest BCUT2D eigenvalue weighted by molar-refractivity contribution is 5.81. The maximum atomic E-state index is 13.6. The summed E-state index contributed by atoms with van der Waals surface area (Å²) in [6.45, 7) is 7.62. The Morgan fingerprint density at radius 2 is 2.13 bits per heavy atom. The van der Waals surface area contributed by atoms with E-state index in [0.717, 1.165) is 39.1 Å². The number of carbonyl (C=O) groups excluding carboxylic acids is 1. The monoisotopic (exact) mass is 323 g/mol. The highest BCUT2D eigenvalue weighted by Gasteiger charge is 2.19. The molecule has 0 radical (unpaired) electrons. The van der Waals surface area contributed by atoms with Gasteiger partial charge in [0.15, 0.2) is 17.7 Å². The molecule has 1 fully saturated rings. The molecule has 0 aliphatic carbocycles. The fourth-order valence-electron chi connectivity index (χ4n) is 2.58. The average molecular weight is 323 g/mol. The van der Waals surface area contributed by atoms with Crippen molar-refractivity contribution in [2.45, 2.75) is 25.9 Å². The van der Waals surface area contributed by atoms with Gasteiger partial charge in [0.05, 0.1) is 0 Å². The highest BCUT2D eigenvalue weighted by atomic mass is 19.1. The predicted octanol–water partition coefficient (Wildman–Crippen LogP) is 1.39. The second-order valence-corrected chi connectivity index (χ2v) is 5.68. The van der Waals surface area contributed by atoms with Crippen molar-refractivity contribution < 1.29 is 13.9 Å². The van der Waals surface area contributed by atoms with Crippen LogP contribution < -0.4 is 15.4 Å². The van der Waals surface area contributed by atoms with E-state index in [1.54, 1.807) is 12.1 Å². The number of piperazine rings is 1. The maximum Gasteiger partial charge on any atom is 0.261 e. The molecule has 1 amide bonds. The number of ether oxygens (including phenoxy) is 1. The van der Waals surface area contributed by atoms with Crippen molar-refractivity contribution in [1.29, 1.82) is 0 Å². The van der Waals surface area contributed by atoms with E-state index in [2.05, 4.69) is 15.5 Å². The lowest BCUT2D eigenvalue weighted by atomic mass is 10.2. The Hall–Kier alpha value is -1.66. The number of halogens is 1. The Morgan fingerprint density at radius 3 is 2.83 bits per heavy atom. The van der Waals surface area contributed by atoms with Crippen molar-refractivity contribution in [1.82, 2.24) is 15.5 Å². The number of benzene rings is 1. The quantitative estimate of drug-likeness (QED) is 0.710. The zero-order valence-corrected chi connectivity index (χ0v) is 13.7. The van der Waals surface area contributed by atoms with E-state index < -0.39 is 11.9 Å². The molecule has 5 nitrogen and oxygen atoms in total. The first-order chi connectivity index (χ1) is 11.2. The lowest BCUT2D eigenvalue weighted by Crippen LogP contribution is -2.44. The molecule has 2 N–H and O–H groups in total. The predicted molar refractivity (Wildman–Crippen MR) is 88.0 cm³/mol. The summed E-state index contributed by atoms with van der Waals surface area (Å²) >= 11 is 0. The van der Waals surface area contributed by atoms with Crippen molar-refractivity contribution in [2.24, 2.45) is 0 Å². The van der Waals surface area contributed by atoms with Crippen molar-refractivity contribution >= 4 is 5.91 Å². The Kier molecular flexibility index (Phi) is 7.29. The maximum absolute atomic E-state index is 13.6. The van der Waals surface area contributed by atoms with Crippen LogP contribution in [0.5, 0.6) is 5.75 Å². The molecule has 6 heteroatoms. The molecule has 0 bridgehead atoms. The van der Waals surface area contributed by atoms with E-state index >= 15 is 0 Å². The van der Waals surface area contributed by atoms with E-state index in [-0.39, 0.29) is 11.7 Å². The summed E-state index contributed by atoms with van der Waals surface area (Å²) in [5.74, 6) is -0.510. The first-order valence-corrected chi connectivity index (χ1v) is 8.32. The van der Waals surface area contributed by atoms with Crippen LogP contribution in [-0.4, -0.2) is 56.2 Å². The Morgan fingerprint density at radius 1 is 1.39 bits per heavy atom. The van der Waals surface area contributed by atoms with Crippen LogP contribution in [0, 0.1) is 5.82 Å². The number of nitrogens with one attached hydrogen (secondary N) is 2. The molecule has 23 heavy (non-hydrogen) atoms. The number of para-hydroxylation sites is 1. The van der Waals surface area contributed by atoms with Crippen molar-refractivity contribution in [3.05, 3.63) is 30.1 Å². The molecule has 1 aliphatic rings. The van der Waals surface area contributed by atoms with Gasteiger partial charge in [-0.15, -0.1) is 0 Å². The SMILES string of the molecule is CCC(Oc1ccccc1F)C(=O)NCCCN1CCNCC1. The van der Waals surface area contributed by atoms with E-state index in [9.17, 15) is 9.18 Å². The number of hydrogen-bond acceptors (Lipinski definition) is 4.